The van der Waals surface area contributed by atoms with Gasteiger partial charge in [0.15, 0.2) is 0 Å². The van der Waals surface area contributed by atoms with E-state index in [-0.39, 0.29) is 0 Å². The molecule has 1 aromatic rings. The molecule has 1 unspecified atom stereocenters. The van der Waals surface area contributed by atoms with Crippen LogP contribution >= 0.6 is 0 Å². The summed E-state index contributed by atoms with van der Waals surface area (Å²) in [5.74, 6) is 8.33. The molecule has 0 bridgehead atoms. The van der Waals surface area contributed by atoms with E-state index in [2.05, 4.69) is 20.7 Å². The normalized spacial score (nSPS) is 18.9. The van der Waals surface area contributed by atoms with Gasteiger partial charge in [0.05, 0.1) is 0 Å². The second-order valence-corrected chi connectivity index (χ2v) is 4.50. The van der Waals surface area contributed by atoms with Crippen molar-refractivity contribution in [2.24, 2.45) is 11.8 Å². The van der Waals surface area contributed by atoms with Crippen LogP contribution in [0.2, 0.25) is 0 Å². The topological polar surface area (TPSA) is 85.1 Å². The Morgan fingerprint density at radius 2 is 2.28 bits per heavy atom. The molecule has 100 valence electrons. The number of hydrogen-bond donors (Lipinski definition) is 3. The van der Waals surface area contributed by atoms with Crippen LogP contribution in [0.4, 0.5) is 11.6 Å². The zero-order valence-corrected chi connectivity index (χ0v) is 10.8. The standard InChI is InChI=1S/C12H21N5O/c1-2-10-15-11(7-12(16-10)17-13)14-5-3-9-4-6-18-8-9/h7,9H,2-6,8,13H2,1H3,(H2,14,15,16,17). The number of nitrogen functional groups attached to an aromatic ring is 1. The van der Waals surface area contributed by atoms with Crippen molar-refractivity contribution in [1.29, 1.82) is 0 Å². The fourth-order valence-corrected chi connectivity index (χ4v) is 2.04. The van der Waals surface area contributed by atoms with Gasteiger partial charge in [-0.05, 0) is 18.8 Å². The Morgan fingerprint density at radius 3 is 2.94 bits per heavy atom. The summed E-state index contributed by atoms with van der Waals surface area (Å²) in [6, 6.07) is 1.82. The average Bonchev–Trinajstić information content (AvgIpc) is 2.91. The van der Waals surface area contributed by atoms with Crippen LogP contribution in [-0.2, 0) is 11.2 Å². The first-order valence-corrected chi connectivity index (χ1v) is 6.48. The maximum Gasteiger partial charge on any atom is 0.145 e. The summed E-state index contributed by atoms with van der Waals surface area (Å²) >= 11 is 0. The molecule has 0 radical (unpaired) electrons. The number of nitrogens with one attached hydrogen (secondary N) is 2. The van der Waals surface area contributed by atoms with Crippen LogP contribution in [0.1, 0.15) is 25.6 Å². The number of anilines is 2. The Balaban J connectivity index is 1.87. The van der Waals surface area contributed by atoms with Crippen LogP contribution in [0.25, 0.3) is 0 Å². The molecule has 0 aromatic carbocycles. The second-order valence-electron chi connectivity index (χ2n) is 4.50. The van der Waals surface area contributed by atoms with Crippen LogP contribution in [0.3, 0.4) is 0 Å². The number of ether oxygens (including phenoxy) is 1. The Bertz CT molecular complexity index is 356. The molecule has 18 heavy (non-hydrogen) atoms. The first kappa shape index (κ1) is 13.0. The first-order chi connectivity index (χ1) is 8.81. The van der Waals surface area contributed by atoms with Gasteiger partial charge in [-0.3, -0.25) is 0 Å². The molecule has 4 N–H and O–H groups in total. The van der Waals surface area contributed by atoms with Crippen molar-refractivity contribution >= 4 is 11.6 Å². The monoisotopic (exact) mass is 251 g/mol. The van der Waals surface area contributed by atoms with Crippen molar-refractivity contribution in [2.45, 2.75) is 26.2 Å². The molecule has 1 saturated heterocycles. The minimum absolute atomic E-state index is 0.647. The van der Waals surface area contributed by atoms with Gasteiger partial charge in [-0.1, -0.05) is 6.92 Å². The number of rotatable bonds is 6. The Kier molecular flexibility index (Phi) is 4.72. The summed E-state index contributed by atoms with van der Waals surface area (Å²) in [4.78, 5) is 8.66. The highest BCUT2D eigenvalue weighted by Gasteiger charge is 2.14. The maximum absolute atomic E-state index is 5.39. The number of hydrogen-bond acceptors (Lipinski definition) is 6. The van der Waals surface area contributed by atoms with Crippen LogP contribution in [0.5, 0.6) is 0 Å². The van der Waals surface area contributed by atoms with Crippen LogP contribution in [-0.4, -0.2) is 29.7 Å². The highest BCUT2D eigenvalue weighted by Crippen LogP contribution is 2.17. The van der Waals surface area contributed by atoms with E-state index in [9.17, 15) is 0 Å². The smallest absolute Gasteiger partial charge is 0.145 e. The lowest BCUT2D eigenvalue weighted by Crippen LogP contribution is -2.14. The summed E-state index contributed by atoms with van der Waals surface area (Å²) in [6.07, 6.45) is 3.07. The lowest BCUT2D eigenvalue weighted by molar-refractivity contribution is 0.185. The van der Waals surface area contributed by atoms with Gasteiger partial charge in [-0.2, -0.15) is 0 Å². The van der Waals surface area contributed by atoms with E-state index in [0.29, 0.717) is 11.7 Å². The summed E-state index contributed by atoms with van der Waals surface area (Å²) in [5, 5.41) is 3.32. The molecule has 6 heteroatoms. The van der Waals surface area contributed by atoms with Crippen LogP contribution in [0, 0.1) is 5.92 Å². The fraction of sp³-hybridized carbons (Fsp3) is 0.667. The van der Waals surface area contributed by atoms with Crippen molar-refractivity contribution in [3.63, 3.8) is 0 Å². The molecule has 0 spiro atoms. The molecule has 2 rings (SSSR count). The molecule has 1 fully saturated rings. The van der Waals surface area contributed by atoms with Crippen molar-refractivity contribution in [2.75, 3.05) is 30.5 Å². The van der Waals surface area contributed by atoms with E-state index >= 15 is 0 Å². The Hall–Kier alpha value is -1.40. The number of nitrogens with zero attached hydrogens (tertiary/aromatic N) is 2. The van der Waals surface area contributed by atoms with Gasteiger partial charge >= 0.3 is 0 Å². The fourth-order valence-electron chi connectivity index (χ4n) is 2.04. The molecule has 0 saturated carbocycles. The van der Waals surface area contributed by atoms with Gasteiger partial charge in [-0.25, -0.2) is 15.8 Å². The molecule has 2 heterocycles. The SMILES string of the molecule is CCc1nc(NN)cc(NCCC2CCOC2)n1. The summed E-state index contributed by atoms with van der Waals surface area (Å²) < 4.78 is 5.35. The predicted molar refractivity (Wildman–Crippen MR) is 71.3 cm³/mol. The minimum Gasteiger partial charge on any atom is -0.381 e. The Labute approximate surface area is 107 Å². The zero-order chi connectivity index (χ0) is 12.8. The van der Waals surface area contributed by atoms with Gasteiger partial charge in [0.1, 0.15) is 17.5 Å². The molecule has 1 aromatic heterocycles. The maximum atomic E-state index is 5.39. The molecular weight excluding hydrogens is 230 g/mol. The third-order valence-corrected chi connectivity index (χ3v) is 3.12. The number of hydrazine groups is 1. The zero-order valence-electron chi connectivity index (χ0n) is 10.8. The van der Waals surface area contributed by atoms with Gasteiger partial charge in [0.25, 0.3) is 0 Å². The van der Waals surface area contributed by atoms with Gasteiger partial charge in [0.2, 0.25) is 0 Å². The summed E-state index contributed by atoms with van der Waals surface area (Å²) in [7, 11) is 0. The molecule has 1 aliphatic rings. The molecule has 1 aliphatic heterocycles. The third kappa shape index (κ3) is 3.54. The predicted octanol–water partition coefficient (Wildman–Crippen LogP) is 1.16. The van der Waals surface area contributed by atoms with Gasteiger partial charge in [0, 0.05) is 32.2 Å². The molecule has 1 atom stereocenters. The molecule has 0 aliphatic carbocycles. The number of aromatic nitrogens is 2. The van der Waals surface area contributed by atoms with Crippen molar-refractivity contribution in [3.05, 3.63) is 11.9 Å². The largest absolute Gasteiger partial charge is 0.381 e. The van der Waals surface area contributed by atoms with Crippen molar-refractivity contribution < 1.29 is 4.74 Å². The third-order valence-electron chi connectivity index (χ3n) is 3.12. The number of nitrogens with two attached hydrogens (primary N) is 1. The van der Waals surface area contributed by atoms with Gasteiger partial charge < -0.3 is 15.5 Å². The minimum atomic E-state index is 0.647. The van der Waals surface area contributed by atoms with Gasteiger partial charge in [-0.15, -0.1) is 0 Å². The van der Waals surface area contributed by atoms with E-state index in [0.717, 1.165) is 44.2 Å². The molecule has 6 nitrogen and oxygen atoms in total. The molecule has 0 amide bonds. The van der Waals surface area contributed by atoms with E-state index in [1.54, 1.807) is 0 Å². The number of aryl methyl sites for hydroxylation is 1. The van der Waals surface area contributed by atoms with Crippen molar-refractivity contribution in [1.82, 2.24) is 9.97 Å². The summed E-state index contributed by atoms with van der Waals surface area (Å²) in [6.45, 7) is 4.72. The molecular formula is C12H21N5O. The lowest BCUT2D eigenvalue weighted by Gasteiger charge is -2.11. The van der Waals surface area contributed by atoms with E-state index in [1.807, 2.05) is 13.0 Å². The van der Waals surface area contributed by atoms with E-state index in [4.69, 9.17) is 10.6 Å². The quantitative estimate of drug-likeness (QED) is 0.520. The Morgan fingerprint density at radius 1 is 1.44 bits per heavy atom. The first-order valence-electron chi connectivity index (χ1n) is 6.48. The summed E-state index contributed by atoms with van der Waals surface area (Å²) in [5.41, 5.74) is 2.56. The van der Waals surface area contributed by atoms with E-state index < -0.39 is 0 Å². The highest BCUT2D eigenvalue weighted by atomic mass is 16.5. The van der Waals surface area contributed by atoms with Crippen LogP contribution < -0.4 is 16.6 Å². The second kappa shape index (κ2) is 6.51. The van der Waals surface area contributed by atoms with Crippen LogP contribution in [0.15, 0.2) is 6.07 Å². The van der Waals surface area contributed by atoms with Crippen molar-refractivity contribution in [3.8, 4) is 0 Å². The average molecular weight is 251 g/mol. The van der Waals surface area contributed by atoms with E-state index in [1.165, 1.54) is 6.42 Å². The lowest BCUT2D eigenvalue weighted by atomic mass is 10.1. The highest BCUT2D eigenvalue weighted by molar-refractivity contribution is 5.46.